The number of nitrogens with zero attached hydrogens (tertiary/aromatic N) is 2. The van der Waals surface area contributed by atoms with E-state index in [1.54, 1.807) is 12.1 Å². The Bertz CT molecular complexity index is 1030. The van der Waals surface area contributed by atoms with E-state index in [2.05, 4.69) is 0 Å². The molecule has 0 aromatic heterocycles. The van der Waals surface area contributed by atoms with Crippen molar-refractivity contribution in [1.29, 1.82) is 0 Å². The topological polar surface area (TPSA) is 127 Å². The molecule has 1 aromatic rings. The number of benzene rings is 1. The Labute approximate surface area is 220 Å². The van der Waals surface area contributed by atoms with Crippen LogP contribution in [0.3, 0.4) is 0 Å². The molecule has 2 aliphatic carbocycles. The Kier molecular flexibility index (Phi) is 7.58. The lowest BCUT2D eigenvalue weighted by Gasteiger charge is -2.19. The SMILES string of the molecule is O=C(OCCN1C(=O)C2CCCCC2C1=O)c1ccccc1C(=O)OCCN1C(=O)C2CCCCC2C1=O. The van der Waals surface area contributed by atoms with Crippen molar-refractivity contribution in [3.63, 3.8) is 0 Å². The molecule has 2 saturated carbocycles. The van der Waals surface area contributed by atoms with Crippen molar-refractivity contribution in [2.45, 2.75) is 51.4 Å². The maximum Gasteiger partial charge on any atom is 0.339 e. The summed E-state index contributed by atoms with van der Waals surface area (Å²) in [7, 11) is 0. The number of likely N-dealkylation sites (tertiary alicyclic amines) is 2. The predicted octanol–water partition coefficient (Wildman–Crippen LogP) is 2.35. The zero-order valence-electron chi connectivity index (χ0n) is 21.3. The van der Waals surface area contributed by atoms with Crippen LogP contribution >= 0.6 is 0 Å². The number of esters is 2. The van der Waals surface area contributed by atoms with Gasteiger partial charge in [-0.2, -0.15) is 0 Å². The monoisotopic (exact) mass is 524 g/mol. The number of rotatable bonds is 8. The zero-order chi connectivity index (χ0) is 26.8. The van der Waals surface area contributed by atoms with Gasteiger partial charge >= 0.3 is 11.9 Å². The lowest BCUT2D eigenvalue weighted by atomic mass is 9.81. The van der Waals surface area contributed by atoms with Gasteiger partial charge in [-0.25, -0.2) is 9.59 Å². The molecule has 4 aliphatic rings. The normalized spacial score (nSPS) is 26.8. The van der Waals surface area contributed by atoms with Crippen molar-refractivity contribution in [1.82, 2.24) is 9.80 Å². The van der Waals surface area contributed by atoms with Crippen LogP contribution in [0.5, 0.6) is 0 Å². The smallest absolute Gasteiger partial charge is 0.339 e. The third-order valence-electron chi connectivity index (χ3n) is 8.33. The third-order valence-corrected chi connectivity index (χ3v) is 8.33. The molecule has 2 heterocycles. The number of hydrogen-bond donors (Lipinski definition) is 0. The van der Waals surface area contributed by atoms with Crippen LogP contribution in [0.15, 0.2) is 24.3 Å². The molecule has 10 nitrogen and oxygen atoms in total. The molecule has 0 spiro atoms. The lowest BCUT2D eigenvalue weighted by Crippen LogP contribution is -2.35. The van der Waals surface area contributed by atoms with Crippen LogP contribution in [0.4, 0.5) is 0 Å². The number of carbonyl (C=O) groups excluding carboxylic acids is 6. The summed E-state index contributed by atoms with van der Waals surface area (Å²) in [5, 5.41) is 0. The molecular formula is C28H32N2O8. The summed E-state index contributed by atoms with van der Waals surface area (Å²) in [6, 6.07) is 6.01. The molecule has 4 amide bonds. The lowest BCUT2D eigenvalue weighted by molar-refractivity contribution is -0.142. The second-order valence-corrected chi connectivity index (χ2v) is 10.5. The van der Waals surface area contributed by atoms with Crippen molar-refractivity contribution in [3.05, 3.63) is 35.4 Å². The Morgan fingerprint density at radius 2 is 0.921 bits per heavy atom. The number of imide groups is 2. The first-order valence-corrected chi connectivity index (χ1v) is 13.5. The minimum atomic E-state index is -0.775. The van der Waals surface area contributed by atoms with E-state index in [1.165, 1.54) is 21.9 Å². The maximum atomic E-state index is 12.8. The Morgan fingerprint density at radius 1 is 0.605 bits per heavy atom. The standard InChI is InChI=1S/C28H32N2O8/c31-23-17-7-1-2-8-18(17)24(32)29(23)13-15-37-27(35)21-11-5-6-12-22(21)28(36)38-16-14-30-25(33)19-9-3-4-10-20(19)26(30)34/h5-6,11-12,17-20H,1-4,7-10,13-16H2. The van der Waals surface area contributed by atoms with Crippen molar-refractivity contribution < 1.29 is 38.2 Å². The Hall–Kier alpha value is -3.56. The first-order chi connectivity index (χ1) is 18.4. The van der Waals surface area contributed by atoms with Gasteiger partial charge in [-0.1, -0.05) is 37.8 Å². The minimum Gasteiger partial charge on any atom is -0.460 e. The highest BCUT2D eigenvalue weighted by Gasteiger charge is 2.49. The zero-order valence-corrected chi connectivity index (χ0v) is 21.3. The van der Waals surface area contributed by atoms with E-state index in [9.17, 15) is 28.8 Å². The van der Waals surface area contributed by atoms with E-state index >= 15 is 0 Å². The van der Waals surface area contributed by atoms with Gasteiger partial charge in [0.1, 0.15) is 13.2 Å². The summed E-state index contributed by atoms with van der Waals surface area (Å²) >= 11 is 0. The number of amides is 4. The minimum absolute atomic E-state index is 0.00964. The van der Waals surface area contributed by atoms with Gasteiger partial charge in [-0.05, 0) is 37.8 Å². The highest BCUT2D eigenvalue weighted by atomic mass is 16.5. The fourth-order valence-electron chi connectivity index (χ4n) is 6.36. The maximum absolute atomic E-state index is 12.8. The molecule has 2 aliphatic heterocycles. The van der Waals surface area contributed by atoms with Crippen LogP contribution in [0.1, 0.15) is 72.1 Å². The van der Waals surface area contributed by atoms with E-state index in [1.807, 2.05) is 0 Å². The molecule has 0 N–H and O–H groups in total. The first kappa shape index (κ1) is 26.1. The van der Waals surface area contributed by atoms with E-state index in [0.717, 1.165) is 25.7 Å². The molecule has 0 bridgehead atoms. The number of ether oxygens (including phenoxy) is 2. The van der Waals surface area contributed by atoms with Crippen molar-refractivity contribution in [2.24, 2.45) is 23.7 Å². The van der Waals surface area contributed by atoms with Crippen LogP contribution in [-0.4, -0.2) is 71.7 Å². The van der Waals surface area contributed by atoms with Gasteiger partial charge in [-0.3, -0.25) is 29.0 Å². The number of carbonyl (C=O) groups is 6. The highest BCUT2D eigenvalue weighted by molar-refractivity contribution is 6.06. The van der Waals surface area contributed by atoms with E-state index < -0.39 is 11.9 Å². The van der Waals surface area contributed by atoms with E-state index in [0.29, 0.717) is 25.7 Å². The van der Waals surface area contributed by atoms with Gasteiger partial charge in [-0.15, -0.1) is 0 Å². The van der Waals surface area contributed by atoms with Crippen molar-refractivity contribution in [3.8, 4) is 0 Å². The summed E-state index contributed by atoms with van der Waals surface area (Å²) in [5.74, 6) is -3.41. The average molecular weight is 525 g/mol. The Balaban J connectivity index is 1.13. The molecule has 0 radical (unpaired) electrons. The van der Waals surface area contributed by atoms with Crippen LogP contribution in [0.2, 0.25) is 0 Å². The van der Waals surface area contributed by atoms with Gasteiger partial charge in [0.25, 0.3) is 0 Å². The van der Waals surface area contributed by atoms with Crippen LogP contribution in [0, 0.1) is 23.7 Å². The molecule has 1 aromatic carbocycles. The molecule has 10 heteroatoms. The number of hydrogen-bond acceptors (Lipinski definition) is 8. The first-order valence-electron chi connectivity index (χ1n) is 13.5. The summed E-state index contributed by atoms with van der Waals surface area (Å²) in [6.07, 6.45) is 6.57. The fourth-order valence-corrected chi connectivity index (χ4v) is 6.36. The third kappa shape index (κ3) is 4.83. The molecule has 202 valence electrons. The summed E-state index contributed by atoms with van der Waals surface area (Å²) in [5.41, 5.74) is -0.0193. The second kappa shape index (κ2) is 11.0. The molecular weight excluding hydrogens is 492 g/mol. The molecule has 4 fully saturated rings. The molecule has 5 rings (SSSR count). The van der Waals surface area contributed by atoms with Crippen LogP contribution in [0.25, 0.3) is 0 Å². The van der Waals surface area contributed by atoms with E-state index in [-0.39, 0.29) is 84.7 Å². The average Bonchev–Trinajstić information content (AvgIpc) is 3.33. The second-order valence-electron chi connectivity index (χ2n) is 10.5. The van der Waals surface area contributed by atoms with Gasteiger partial charge in [0.15, 0.2) is 0 Å². The molecule has 38 heavy (non-hydrogen) atoms. The molecule has 4 atom stereocenters. The van der Waals surface area contributed by atoms with Crippen LogP contribution in [-0.2, 0) is 28.7 Å². The highest BCUT2D eigenvalue weighted by Crippen LogP contribution is 2.38. The largest absolute Gasteiger partial charge is 0.460 e. The van der Waals surface area contributed by atoms with Crippen molar-refractivity contribution >= 4 is 35.6 Å². The molecule has 2 saturated heterocycles. The van der Waals surface area contributed by atoms with Crippen LogP contribution < -0.4 is 0 Å². The summed E-state index contributed by atoms with van der Waals surface area (Å²) in [4.78, 5) is 78.3. The van der Waals surface area contributed by atoms with Crippen molar-refractivity contribution in [2.75, 3.05) is 26.3 Å². The fraction of sp³-hybridized carbons (Fsp3) is 0.571. The van der Waals surface area contributed by atoms with Gasteiger partial charge < -0.3 is 9.47 Å². The Morgan fingerprint density at radius 3 is 1.24 bits per heavy atom. The van der Waals surface area contributed by atoms with E-state index in [4.69, 9.17) is 9.47 Å². The predicted molar refractivity (Wildman–Crippen MR) is 131 cm³/mol. The summed E-state index contributed by atoms with van der Waals surface area (Å²) in [6.45, 7) is -0.410. The molecule has 4 unspecified atom stereocenters. The van der Waals surface area contributed by atoms with Gasteiger partial charge in [0.05, 0.1) is 47.9 Å². The number of fused-ring (bicyclic) bond motifs is 2. The quantitative estimate of drug-likeness (QED) is 0.375. The van der Waals surface area contributed by atoms with Gasteiger partial charge in [0, 0.05) is 0 Å². The summed E-state index contributed by atoms with van der Waals surface area (Å²) < 4.78 is 10.6. The van der Waals surface area contributed by atoms with Gasteiger partial charge in [0.2, 0.25) is 23.6 Å².